The first-order valence-electron chi connectivity index (χ1n) is 6.72. The molecule has 120 valence electrons. The minimum absolute atomic E-state index is 0.114. The number of aryl methyl sites for hydroxylation is 2. The normalized spacial score (nSPS) is 13.4. The Hall–Kier alpha value is -1.53. The Morgan fingerprint density at radius 3 is 2.55 bits per heavy atom. The van der Waals surface area contributed by atoms with Crippen molar-refractivity contribution in [2.75, 3.05) is 0 Å². The standard InChI is InChI=1S/C15H16ClF3N2O/c1-8(14-9(2)21-22-10(14)3)20-7-11-6-12(15(17,18)19)4-5-13(11)16/h4-6,8,20H,7H2,1-3H3/t8-/m1/s1. The Labute approximate surface area is 131 Å². The van der Waals surface area contributed by atoms with Crippen molar-refractivity contribution in [3.8, 4) is 0 Å². The Morgan fingerprint density at radius 1 is 1.32 bits per heavy atom. The van der Waals surface area contributed by atoms with E-state index in [4.69, 9.17) is 16.1 Å². The van der Waals surface area contributed by atoms with Gasteiger partial charge < -0.3 is 9.84 Å². The van der Waals surface area contributed by atoms with Crippen molar-refractivity contribution in [3.63, 3.8) is 0 Å². The van der Waals surface area contributed by atoms with Gasteiger partial charge in [-0.2, -0.15) is 13.2 Å². The van der Waals surface area contributed by atoms with Gasteiger partial charge in [-0.3, -0.25) is 0 Å². The number of aromatic nitrogens is 1. The van der Waals surface area contributed by atoms with Crippen LogP contribution in [0.25, 0.3) is 0 Å². The Kier molecular flexibility index (Phi) is 4.82. The number of rotatable bonds is 4. The van der Waals surface area contributed by atoms with Crippen LogP contribution < -0.4 is 5.32 Å². The highest BCUT2D eigenvalue weighted by Gasteiger charge is 2.30. The molecule has 2 aromatic rings. The molecule has 0 spiro atoms. The van der Waals surface area contributed by atoms with Gasteiger partial charge in [0.25, 0.3) is 0 Å². The smallest absolute Gasteiger partial charge is 0.361 e. The molecule has 1 N–H and O–H groups in total. The molecule has 3 nitrogen and oxygen atoms in total. The molecule has 0 radical (unpaired) electrons. The Morgan fingerprint density at radius 2 is 2.00 bits per heavy atom. The van der Waals surface area contributed by atoms with Crippen LogP contribution in [0.15, 0.2) is 22.7 Å². The minimum Gasteiger partial charge on any atom is -0.361 e. The van der Waals surface area contributed by atoms with Crippen LogP contribution in [0, 0.1) is 13.8 Å². The molecule has 1 aromatic heterocycles. The van der Waals surface area contributed by atoms with E-state index in [1.165, 1.54) is 6.07 Å². The fourth-order valence-corrected chi connectivity index (χ4v) is 2.54. The summed E-state index contributed by atoms with van der Waals surface area (Å²) in [6.45, 7) is 5.73. The summed E-state index contributed by atoms with van der Waals surface area (Å²) in [5, 5.41) is 7.31. The zero-order chi connectivity index (χ0) is 16.5. The Bertz CT molecular complexity index is 648. The van der Waals surface area contributed by atoms with E-state index in [0.717, 1.165) is 23.4 Å². The fourth-order valence-electron chi connectivity index (χ4n) is 2.36. The first-order chi connectivity index (χ1) is 10.2. The van der Waals surface area contributed by atoms with Gasteiger partial charge in [-0.15, -0.1) is 0 Å². The number of nitrogens with zero attached hydrogens (tertiary/aromatic N) is 1. The van der Waals surface area contributed by atoms with Crippen molar-refractivity contribution >= 4 is 11.6 Å². The number of benzene rings is 1. The predicted molar refractivity (Wildman–Crippen MR) is 77.7 cm³/mol. The van der Waals surface area contributed by atoms with Crippen LogP contribution in [0.1, 0.15) is 41.1 Å². The molecule has 0 saturated carbocycles. The molecular weight excluding hydrogens is 317 g/mol. The number of hydrogen-bond donors (Lipinski definition) is 1. The molecular formula is C15H16ClF3N2O. The number of nitrogens with one attached hydrogen (secondary N) is 1. The third kappa shape index (κ3) is 3.62. The topological polar surface area (TPSA) is 38.1 Å². The summed E-state index contributed by atoms with van der Waals surface area (Å²) in [6.07, 6.45) is -4.38. The molecule has 1 aromatic carbocycles. The molecule has 7 heteroatoms. The molecule has 0 saturated heterocycles. The maximum absolute atomic E-state index is 12.7. The van der Waals surface area contributed by atoms with Gasteiger partial charge in [0.05, 0.1) is 11.3 Å². The van der Waals surface area contributed by atoms with Crippen LogP contribution >= 0.6 is 11.6 Å². The summed E-state index contributed by atoms with van der Waals surface area (Å²) in [7, 11) is 0. The summed E-state index contributed by atoms with van der Waals surface area (Å²) < 4.78 is 43.3. The predicted octanol–water partition coefficient (Wildman–Crippen LogP) is 4.81. The van der Waals surface area contributed by atoms with E-state index in [1.54, 1.807) is 6.92 Å². The molecule has 0 unspecified atom stereocenters. The summed E-state index contributed by atoms with van der Waals surface area (Å²) >= 11 is 5.98. The SMILES string of the molecule is Cc1noc(C)c1[C@@H](C)NCc1cc(C(F)(F)F)ccc1Cl. The van der Waals surface area contributed by atoms with Crippen molar-refractivity contribution in [1.82, 2.24) is 10.5 Å². The lowest BCUT2D eigenvalue weighted by Crippen LogP contribution is -2.19. The first-order valence-corrected chi connectivity index (χ1v) is 7.09. The van der Waals surface area contributed by atoms with Crippen molar-refractivity contribution in [2.24, 2.45) is 0 Å². The third-order valence-electron chi connectivity index (χ3n) is 3.49. The monoisotopic (exact) mass is 332 g/mol. The zero-order valence-corrected chi connectivity index (χ0v) is 13.1. The van der Waals surface area contributed by atoms with Crippen LogP contribution in [0.5, 0.6) is 0 Å². The summed E-state index contributed by atoms with van der Waals surface area (Å²) in [5.74, 6) is 0.688. The molecule has 0 bridgehead atoms. The highest BCUT2D eigenvalue weighted by Crippen LogP contribution is 2.32. The minimum atomic E-state index is -4.38. The van der Waals surface area contributed by atoms with E-state index in [9.17, 15) is 13.2 Å². The molecule has 0 aliphatic rings. The van der Waals surface area contributed by atoms with Gasteiger partial charge in [-0.25, -0.2) is 0 Å². The van der Waals surface area contributed by atoms with Crippen LogP contribution in [0.2, 0.25) is 5.02 Å². The van der Waals surface area contributed by atoms with Crippen molar-refractivity contribution in [3.05, 3.63) is 51.4 Å². The van der Waals surface area contributed by atoms with E-state index in [2.05, 4.69) is 10.5 Å². The maximum Gasteiger partial charge on any atom is 0.416 e. The second-order valence-corrected chi connectivity index (χ2v) is 5.55. The average Bonchev–Trinajstić information content (AvgIpc) is 2.75. The van der Waals surface area contributed by atoms with E-state index in [0.29, 0.717) is 16.3 Å². The van der Waals surface area contributed by atoms with Gasteiger partial charge in [-0.1, -0.05) is 16.8 Å². The Balaban J connectivity index is 2.15. The average molecular weight is 333 g/mol. The summed E-state index contributed by atoms with van der Waals surface area (Å²) in [5.41, 5.74) is 1.35. The van der Waals surface area contributed by atoms with Gasteiger partial charge in [0.1, 0.15) is 5.76 Å². The quantitative estimate of drug-likeness (QED) is 0.872. The molecule has 0 aliphatic heterocycles. The lowest BCUT2D eigenvalue weighted by molar-refractivity contribution is -0.137. The maximum atomic E-state index is 12.7. The molecule has 2 rings (SSSR count). The number of hydrogen-bond acceptors (Lipinski definition) is 3. The van der Waals surface area contributed by atoms with Crippen molar-refractivity contribution in [2.45, 2.75) is 39.5 Å². The van der Waals surface area contributed by atoms with Crippen molar-refractivity contribution < 1.29 is 17.7 Å². The van der Waals surface area contributed by atoms with E-state index in [1.807, 2.05) is 13.8 Å². The number of halogens is 4. The molecule has 0 fully saturated rings. The lowest BCUT2D eigenvalue weighted by atomic mass is 10.1. The highest BCUT2D eigenvalue weighted by molar-refractivity contribution is 6.31. The lowest BCUT2D eigenvalue weighted by Gasteiger charge is -2.15. The van der Waals surface area contributed by atoms with Crippen LogP contribution in [-0.2, 0) is 12.7 Å². The van der Waals surface area contributed by atoms with E-state index >= 15 is 0 Å². The molecule has 1 atom stereocenters. The molecule has 0 amide bonds. The molecule has 22 heavy (non-hydrogen) atoms. The van der Waals surface area contributed by atoms with Crippen LogP contribution in [0.3, 0.4) is 0 Å². The van der Waals surface area contributed by atoms with Crippen LogP contribution in [-0.4, -0.2) is 5.16 Å². The largest absolute Gasteiger partial charge is 0.416 e. The first kappa shape index (κ1) is 16.8. The second kappa shape index (κ2) is 6.30. The molecule has 1 heterocycles. The highest BCUT2D eigenvalue weighted by atomic mass is 35.5. The van der Waals surface area contributed by atoms with Gasteiger partial charge in [0.2, 0.25) is 0 Å². The molecule has 0 aliphatic carbocycles. The summed E-state index contributed by atoms with van der Waals surface area (Å²) in [4.78, 5) is 0. The van der Waals surface area contributed by atoms with Gasteiger partial charge in [-0.05, 0) is 44.5 Å². The third-order valence-corrected chi connectivity index (χ3v) is 3.86. The van der Waals surface area contributed by atoms with E-state index in [-0.39, 0.29) is 12.6 Å². The number of alkyl halides is 3. The second-order valence-electron chi connectivity index (χ2n) is 5.14. The summed E-state index contributed by atoms with van der Waals surface area (Å²) in [6, 6.07) is 3.19. The van der Waals surface area contributed by atoms with Crippen molar-refractivity contribution in [1.29, 1.82) is 0 Å². The van der Waals surface area contributed by atoms with Gasteiger partial charge in [0, 0.05) is 23.2 Å². The van der Waals surface area contributed by atoms with Gasteiger partial charge in [0.15, 0.2) is 0 Å². The van der Waals surface area contributed by atoms with Crippen LogP contribution in [0.4, 0.5) is 13.2 Å². The van der Waals surface area contributed by atoms with E-state index < -0.39 is 11.7 Å². The zero-order valence-electron chi connectivity index (χ0n) is 12.4. The fraction of sp³-hybridized carbons (Fsp3) is 0.400. The van der Waals surface area contributed by atoms with Gasteiger partial charge >= 0.3 is 6.18 Å².